The molecule has 1 aliphatic heterocycles. The molecule has 27 heavy (non-hydrogen) atoms. The van der Waals surface area contributed by atoms with Gasteiger partial charge in [-0.2, -0.15) is 0 Å². The van der Waals surface area contributed by atoms with Crippen LogP contribution in [0, 0.1) is 6.92 Å². The van der Waals surface area contributed by atoms with Gasteiger partial charge in [-0.25, -0.2) is 4.98 Å². The summed E-state index contributed by atoms with van der Waals surface area (Å²) in [4.78, 5) is 5.63. The summed E-state index contributed by atoms with van der Waals surface area (Å²) in [6.07, 6.45) is 2.84. The van der Waals surface area contributed by atoms with Crippen LogP contribution in [0.25, 0.3) is 6.08 Å². The van der Waals surface area contributed by atoms with Gasteiger partial charge < -0.3 is 14.6 Å². The van der Waals surface area contributed by atoms with Gasteiger partial charge in [-0.1, -0.05) is 42.0 Å². The van der Waals surface area contributed by atoms with Gasteiger partial charge in [0.15, 0.2) is 5.13 Å². The summed E-state index contributed by atoms with van der Waals surface area (Å²) >= 11 is 7.56. The number of halogens is 1. The molecular weight excluding hydrogens is 379 g/mol. The Kier molecular flexibility index (Phi) is 5.73. The van der Waals surface area contributed by atoms with Crippen molar-refractivity contribution in [2.75, 3.05) is 5.32 Å². The van der Waals surface area contributed by atoms with E-state index in [1.807, 2.05) is 44.2 Å². The molecule has 1 fully saturated rings. The Bertz CT molecular complexity index is 846. The third-order valence-electron chi connectivity index (χ3n) is 5.31. The number of thiazole rings is 1. The molecule has 1 aliphatic rings. The second kappa shape index (κ2) is 7.59. The second-order valence-corrected chi connectivity index (χ2v) is 9.24. The monoisotopic (exact) mass is 404 g/mol. The van der Waals surface area contributed by atoms with Gasteiger partial charge in [-0.15, -0.1) is 0 Å². The summed E-state index contributed by atoms with van der Waals surface area (Å²) in [5, 5.41) is 4.94. The lowest BCUT2D eigenvalue weighted by Crippen LogP contribution is -2.44. The molecule has 2 heterocycles. The van der Waals surface area contributed by atoms with Crippen LogP contribution in [0.5, 0.6) is 0 Å². The Morgan fingerprint density at radius 3 is 2.48 bits per heavy atom. The third-order valence-corrected chi connectivity index (χ3v) is 6.44. The topological polar surface area (TPSA) is 43.4 Å². The number of allylic oxidation sites excluding steroid dienone is 1. The van der Waals surface area contributed by atoms with Gasteiger partial charge in [0.05, 0.1) is 21.8 Å². The highest BCUT2D eigenvalue weighted by Gasteiger charge is 2.53. The lowest BCUT2D eigenvalue weighted by molar-refractivity contribution is -0.0118. The van der Waals surface area contributed by atoms with E-state index >= 15 is 0 Å². The van der Waals surface area contributed by atoms with E-state index in [0.717, 1.165) is 38.3 Å². The molecule has 144 valence electrons. The molecule has 1 atom stereocenters. The van der Waals surface area contributed by atoms with Crippen LogP contribution in [0.2, 0.25) is 0 Å². The van der Waals surface area contributed by atoms with Crippen LogP contribution in [0.4, 0.5) is 10.8 Å². The first-order valence-electron chi connectivity index (χ1n) is 9.17. The fraction of sp³-hybridized carbons (Fsp3) is 0.450. The summed E-state index contributed by atoms with van der Waals surface area (Å²) in [6, 6.07) is 8.12. The minimum absolute atomic E-state index is 0.294. The highest BCUT2D eigenvalue weighted by atomic mass is 35.5. The molecule has 0 spiro atoms. The van der Waals surface area contributed by atoms with Crippen molar-refractivity contribution in [1.29, 1.82) is 0 Å². The smallest absolute Gasteiger partial charge is 0.399 e. The number of aromatic nitrogens is 1. The molecule has 1 saturated heterocycles. The van der Waals surface area contributed by atoms with Gasteiger partial charge in [0.2, 0.25) is 0 Å². The Labute approximate surface area is 171 Å². The number of hydrogen-bond acceptors (Lipinski definition) is 5. The summed E-state index contributed by atoms with van der Waals surface area (Å²) in [5.74, 6) is 0. The fourth-order valence-electron chi connectivity index (χ4n) is 3.06. The van der Waals surface area contributed by atoms with Crippen LogP contribution in [-0.2, 0) is 9.31 Å². The Balaban J connectivity index is 1.73. The molecule has 3 rings (SSSR count). The maximum absolute atomic E-state index is 6.24. The van der Waals surface area contributed by atoms with Crippen LogP contribution in [0.15, 0.2) is 29.3 Å². The molecule has 0 radical (unpaired) electrons. The van der Waals surface area contributed by atoms with Crippen molar-refractivity contribution in [3.63, 3.8) is 0 Å². The maximum Gasteiger partial charge on any atom is 0.494 e. The summed E-state index contributed by atoms with van der Waals surface area (Å²) in [6.45, 7) is 12.3. The molecule has 7 heteroatoms. The number of anilines is 2. The van der Waals surface area contributed by atoms with E-state index in [4.69, 9.17) is 20.9 Å². The zero-order chi connectivity index (χ0) is 19.8. The van der Waals surface area contributed by atoms with E-state index in [0.29, 0.717) is 0 Å². The number of nitrogens with one attached hydrogen (secondary N) is 1. The highest BCUT2D eigenvalue weighted by molar-refractivity contribution is 7.16. The quantitative estimate of drug-likeness (QED) is 0.670. The van der Waals surface area contributed by atoms with Crippen LogP contribution in [0.1, 0.15) is 51.6 Å². The molecular formula is C20H26BClN2O2S. The highest BCUT2D eigenvalue weighted by Crippen LogP contribution is 2.39. The summed E-state index contributed by atoms with van der Waals surface area (Å²) < 4.78 is 12.4. The van der Waals surface area contributed by atoms with Crippen LogP contribution >= 0.6 is 22.9 Å². The van der Waals surface area contributed by atoms with Gasteiger partial charge in [-0.05, 0) is 64.7 Å². The van der Waals surface area contributed by atoms with Crippen molar-refractivity contribution in [2.24, 2.45) is 0 Å². The average Bonchev–Trinajstić information content (AvgIpc) is 3.04. The zero-order valence-electron chi connectivity index (χ0n) is 16.7. The molecule has 0 amide bonds. The van der Waals surface area contributed by atoms with Gasteiger partial charge in [-0.3, -0.25) is 0 Å². The zero-order valence-corrected chi connectivity index (χ0v) is 18.3. The number of benzene rings is 1. The molecule has 0 aliphatic carbocycles. The van der Waals surface area contributed by atoms with Crippen LogP contribution in [0.3, 0.4) is 0 Å². The van der Waals surface area contributed by atoms with Gasteiger partial charge >= 0.3 is 7.12 Å². The molecule has 1 unspecified atom stereocenters. The molecule has 0 saturated carbocycles. The van der Waals surface area contributed by atoms with E-state index in [-0.39, 0.29) is 18.3 Å². The van der Waals surface area contributed by atoms with Crippen molar-refractivity contribution in [1.82, 2.24) is 4.98 Å². The SMILES string of the molecule is CCC1(C)OB(c2ccc(Nc3nc(C)c(/C=C(\C)Cl)s3)cc2)OC1(C)C. The lowest BCUT2D eigenvalue weighted by Gasteiger charge is -2.35. The van der Waals surface area contributed by atoms with Gasteiger partial charge in [0.25, 0.3) is 0 Å². The minimum Gasteiger partial charge on any atom is -0.399 e. The molecule has 1 aromatic carbocycles. The molecule has 1 N–H and O–H groups in total. The first-order valence-corrected chi connectivity index (χ1v) is 10.4. The summed E-state index contributed by atoms with van der Waals surface area (Å²) in [7, 11) is -0.343. The van der Waals surface area contributed by atoms with Crippen molar-refractivity contribution in [3.8, 4) is 0 Å². The van der Waals surface area contributed by atoms with Crippen molar-refractivity contribution < 1.29 is 9.31 Å². The maximum atomic E-state index is 6.24. The minimum atomic E-state index is -0.343. The van der Waals surface area contributed by atoms with Crippen LogP contribution in [-0.4, -0.2) is 23.3 Å². The van der Waals surface area contributed by atoms with Gasteiger partial charge in [0.1, 0.15) is 0 Å². The predicted octanol–water partition coefficient (Wildman–Crippen LogP) is 5.48. The molecule has 1 aromatic heterocycles. The number of rotatable bonds is 5. The predicted molar refractivity (Wildman–Crippen MR) is 116 cm³/mol. The van der Waals surface area contributed by atoms with Crippen LogP contribution < -0.4 is 10.8 Å². The molecule has 2 aromatic rings. The fourth-order valence-corrected chi connectivity index (χ4v) is 4.23. The largest absolute Gasteiger partial charge is 0.494 e. The van der Waals surface area contributed by atoms with Gasteiger partial charge in [0, 0.05) is 10.7 Å². The first-order chi connectivity index (χ1) is 12.6. The standard InChI is InChI=1S/C20H26BClN2O2S/c1-7-20(6)19(4,5)25-21(26-20)15-8-10-16(11-9-15)24-18-23-14(3)17(27-18)12-13(2)22/h8-12H,7H2,1-6H3,(H,23,24)/b13-12+. The number of nitrogens with zero attached hydrogens (tertiary/aromatic N) is 1. The van der Waals surface area contributed by atoms with Crippen molar-refractivity contribution in [2.45, 2.75) is 59.2 Å². The normalized spacial score (nSPS) is 22.3. The van der Waals surface area contributed by atoms with E-state index in [9.17, 15) is 0 Å². The Morgan fingerprint density at radius 1 is 1.26 bits per heavy atom. The van der Waals surface area contributed by atoms with Crippen molar-refractivity contribution in [3.05, 3.63) is 39.9 Å². The Hall–Kier alpha value is -1.34. The average molecular weight is 405 g/mol. The second-order valence-electron chi connectivity index (χ2n) is 7.61. The van der Waals surface area contributed by atoms with E-state index in [2.05, 4.69) is 38.0 Å². The van der Waals surface area contributed by atoms with E-state index < -0.39 is 0 Å². The Morgan fingerprint density at radius 2 is 1.93 bits per heavy atom. The molecule has 4 nitrogen and oxygen atoms in total. The first kappa shape index (κ1) is 20.4. The number of hydrogen-bond donors (Lipinski definition) is 1. The van der Waals surface area contributed by atoms with E-state index in [1.54, 1.807) is 11.3 Å². The number of aryl methyl sites for hydroxylation is 1. The summed E-state index contributed by atoms with van der Waals surface area (Å²) in [5.41, 5.74) is 2.33. The van der Waals surface area contributed by atoms with Crippen molar-refractivity contribution >= 4 is 52.4 Å². The molecule has 0 bridgehead atoms. The third kappa shape index (κ3) is 4.24. The lowest BCUT2D eigenvalue weighted by atomic mass is 9.79. The van der Waals surface area contributed by atoms with E-state index in [1.165, 1.54) is 0 Å².